The van der Waals surface area contributed by atoms with Crippen LogP contribution in [0.25, 0.3) is 33.4 Å². The van der Waals surface area contributed by atoms with Crippen molar-refractivity contribution in [1.29, 1.82) is 0 Å². The summed E-state index contributed by atoms with van der Waals surface area (Å²) in [5.74, 6) is 1.24. The fourth-order valence-corrected chi connectivity index (χ4v) is 5.12. The molecule has 0 aromatic heterocycles. The van der Waals surface area contributed by atoms with Gasteiger partial charge in [0.25, 0.3) is 5.91 Å². The first-order valence-electron chi connectivity index (χ1n) is 12.5. The van der Waals surface area contributed by atoms with E-state index >= 15 is 0 Å². The Morgan fingerprint density at radius 1 is 1.03 bits per heavy atom. The number of nitrogens with one attached hydrogen (secondary N) is 1. The molecule has 0 saturated carbocycles. The van der Waals surface area contributed by atoms with Crippen LogP contribution in [-0.2, 0) is 0 Å². The largest absolute Gasteiger partial charge is 0.456 e. The Kier molecular flexibility index (Phi) is 6.10. The van der Waals surface area contributed by atoms with Gasteiger partial charge < -0.3 is 14.6 Å². The third kappa shape index (κ3) is 4.20. The van der Waals surface area contributed by atoms with Crippen molar-refractivity contribution >= 4 is 22.6 Å². The molecule has 3 aliphatic rings. The molecule has 2 aromatic carbocycles. The summed E-state index contributed by atoms with van der Waals surface area (Å²) in [6, 6.07) is 15.4. The van der Waals surface area contributed by atoms with E-state index in [0.29, 0.717) is 28.4 Å². The molecule has 5 nitrogen and oxygen atoms in total. The fraction of sp³-hybridized carbons (Fsp3) is 0.333. The van der Waals surface area contributed by atoms with Crippen molar-refractivity contribution in [1.82, 2.24) is 4.90 Å². The van der Waals surface area contributed by atoms with Crippen molar-refractivity contribution in [2.75, 3.05) is 25.0 Å². The minimum atomic E-state index is -0.0580. The summed E-state index contributed by atoms with van der Waals surface area (Å²) in [4.78, 5) is 28.2. The molecule has 1 fully saturated rings. The van der Waals surface area contributed by atoms with Crippen molar-refractivity contribution in [2.24, 2.45) is 5.92 Å². The van der Waals surface area contributed by atoms with Crippen LogP contribution in [0.1, 0.15) is 48.2 Å². The first-order chi connectivity index (χ1) is 16.9. The SMILES string of the molecule is CCNc1cc2oc3cc(=O)c(C)cc-3c(-c3ccccc3C(=O)N3CCC(C)CC3)c2cc1C. The molecule has 1 aliphatic carbocycles. The van der Waals surface area contributed by atoms with Crippen LogP contribution in [0, 0.1) is 19.8 Å². The van der Waals surface area contributed by atoms with Gasteiger partial charge in [0.05, 0.1) is 0 Å². The lowest BCUT2D eigenvalue weighted by Crippen LogP contribution is -2.38. The number of nitrogens with zero attached hydrogens (tertiary/aromatic N) is 1. The molecular formula is C30H32N2O3. The topological polar surface area (TPSA) is 62.6 Å². The summed E-state index contributed by atoms with van der Waals surface area (Å²) in [6.07, 6.45) is 2.06. The molecule has 5 rings (SSSR count). The molecule has 0 unspecified atom stereocenters. The van der Waals surface area contributed by atoms with Crippen LogP contribution in [-0.4, -0.2) is 30.4 Å². The number of anilines is 1. The van der Waals surface area contributed by atoms with Crippen molar-refractivity contribution in [2.45, 2.75) is 40.5 Å². The van der Waals surface area contributed by atoms with Crippen LogP contribution in [0.2, 0.25) is 0 Å². The highest BCUT2D eigenvalue weighted by Gasteiger charge is 2.26. The van der Waals surface area contributed by atoms with Crippen LogP contribution in [0.5, 0.6) is 0 Å². The molecule has 1 saturated heterocycles. The second kappa shape index (κ2) is 9.21. The normalized spacial score (nSPS) is 14.6. The van der Waals surface area contributed by atoms with Gasteiger partial charge in [-0.1, -0.05) is 25.1 Å². The van der Waals surface area contributed by atoms with E-state index in [1.54, 1.807) is 6.07 Å². The van der Waals surface area contributed by atoms with Gasteiger partial charge in [0.1, 0.15) is 11.3 Å². The minimum absolute atomic E-state index is 0.0580. The third-order valence-electron chi connectivity index (χ3n) is 7.23. The van der Waals surface area contributed by atoms with Crippen LogP contribution in [0.15, 0.2) is 57.7 Å². The Labute approximate surface area is 206 Å². The number of aryl methyl sites for hydroxylation is 2. The van der Waals surface area contributed by atoms with Gasteiger partial charge in [-0.15, -0.1) is 0 Å². The molecule has 0 atom stereocenters. The number of hydrogen-bond acceptors (Lipinski definition) is 4. The van der Waals surface area contributed by atoms with Gasteiger partial charge in [0.2, 0.25) is 0 Å². The predicted molar refractivity (Wildman–Crippen MR) is 142 cm³/mol. The standard InChI is InChI=1S/C30H32N2O3/c1-5-31-25-16-27-23(14-19(25)3)29(24-15-20(4)26(33)17-28(24)35-27)21-8-6-7-9-22(21)30(34)32-12-10-18(2)11-13-32/h6-9,14-18,31H,5,10-13H2,1-4H3. The molecular weight excluding hydrogens is 436 g/mol. The molecule has 180 valence electrons. The lowest BCUT2D eigenvalue weighted by Gasteiger charge is -2.31. The first-order valence-corrected chi connectivity index (χ1v) is 12.5. The van der Waals surface area contributed by atoms with Crippen LogP contribution in [0.3, 0.4) is 0 Å². The summed E-state index contributed by atoms with van der Waals surface area (Å²) >= 11 is 0. The van der Waals surface area contributed by atoms with Crippen molar-refractivity contribution < 1.29 is 9.21 Å². The van der Waals surface area contributed by atoms with E-state index in [2.05, 4.69) is 32.2 Å². The number of hydrogen-bond donors (Lipinski definition) is 1. The average molecular weight is 469 g/mol. The molecule has 5 heteroatoms. The zero-order chi connectivity index (χ0) is 24.7. The zero-order valence-corrected chi connectivity index (χ0v) is 20.9. The molecule has 0 spiro atoms. The van der Waals surface area contributed by atoms with Gasteiger partial charge >= 0.3 is 0 Å². The molecule has 2 aromatic rings. The lowest BCUT2D eigenvalue weighted by atomic mass is 9.88. The Balaban J connectivity index is 1.79. The zero-order valence-electron chi connectivity index (χ0n) is 20.9. The second-order valence-corrected chi connectivity index (χ2v) is 9.80. The van der Waals surface area contributed by atoms with E-state index in [1.165, 1.54) is 0 Å². The van der Waals surface area contributed by atoms with E-state index < -0.39 is 0 Å². The average Bonchev–Trinajstić information content (AvgIpc) is 2.85. The molecule has 0 bridgehead atoms. The van der Waals surface area contributed by atoms with Gasteiger partial charge in [-0.25, -0.2) is 0 Å². The number of carbonyl (C=O) groups excluding carboxylic acids is 1. The fourth-order valence-electron chi connectivity index (χ4n) is 5.12. The van der Waals surface area contributed by atoms with Crippen LogP contribution in [0.4, 0.5) is 5.69 Å². The second-order valence-electron chi connectivity index (χ2n) is 9.80. The number of amides is 1. The number of carbonyl (C=O) groups is 1. The minimum Gasteiger partial charge on any atom is -0.456 e. The maximum absolute atomic E-state index is 13.7. The Morgan fingerprint density at radius 3 is 2.51 bits per heavy atom. The maximum atomic E-state index is 13.7. The van der Waals surface area contributed by atoms with Crippen molar-refractivity contribution in [3.8, 4) is 22.5 Å². The monoisotopic (exact) mass is 468 g/mol. The number of benzene rings is 3. The summed E-state index contributed by atoms with van der Waals surface area (Å²) in [7, 11) is 0. The highest BCUT2D eigenvalue weighted by molar-refractivity contribution is 6.09. The highest BCUT2D eigenvalue weighted by atomic mass is 16.3. The maximum Gasteiger partial charge on any atom is 0.254 e. The van der Waals surface area contributed by atoms with Crippen molar-refractivity contribution in [3.05, 3.63) is 75.4 Å². The van der Waals surface area contributed by atoms with Crippen molar-refractivity contribution in [3.63, 3.8) is 0 Å². The number of fused-ring (bicyclic) bond motifs is 2. The van der Waals surface area contributed by atoms with E-state index in [-0.39, 0.29) is 11.3 Å². The number of likely N-dealkylation sites (tertiary alicyclic amines) is 1. The molecule has 0 radical (unpaired) electrons. The summed E-state index contributed by atoms with van der Waals surface area (Å²) in [5.41, 5.74) is 6.72. The van der Waals surface area contributed by atoms with E-state index in [9.17, 15) is 9.59 Å². The van der Waals surface area contributed by atoms with Gasteiger partial charge in [0, 0.05) is 59.5 Å². The Hall–Kier alpha value is -3.60. The lowest BCUT2D eigenvalue weighted by molar-refractivity contribution is 0.0698. The van der Waals surface area contributed by atoms with E-state index in [0.717, 1.165) is 65.8 Å². The smallest absolute Gasteiger partial charge is 0.254 e. The molecule has 1 amide bonds. The number of piperidine rings is 1. The summed E-state index contributed by atoms with van der Waals surface area (Å²) in [5, 5.41) is 4.32. The van der Waals surface area contributed by atoms with Gasteiger partial charge in [-0.2, -0.15) is 0 Å². The highest BCUT2D eigenvalue weighted by Crippen LogP contribution is 2.43. The van der Waals surface area contributed by atoms with Gasteiger partial charge in [-0.05, 0) is 74.4 Å². The Bertz CT molecular complexity index is 1440. The first kappa shape index (κ1) is 23.2. The Morgan fingerprint density at radius 2 is 1.77 bits per heavy atom. The third-order valence-corrected chi connectivity index (χ3v) is 7.23. The molecule has 2 aliphatic heterocycles. The predicted octanol–water partition coefficient (Wildman–Crippen LogP) is 6.49. The molecule has 1 N–H and O–H groups in total. The van der Waals surface area contributed by atoms with Crippen LogP contribution >= 0.6 is 0 Å². The molecule has 35 heavy (non-hydrogen) atoms. The van der Waals surface area contributed by atoms with E-state index in [4.69, 9.17) is 4.42 Å². The molecule has 2 heterocycles. The van der Waals surface area contributed by atoms with Gasteiger partial charge in [0.15, 0.2) is 5.43 Å². The number of rotatable bonds is 4. The van der Waals surface area contributed by atoms with Crippen LogP contribution < -0.4 is 10.7 Å². The summed E-state index contributed by atoms with van der Waals surface area (Å²) in [6.45, 7) is 10.6. The van der Waals surface area contributed by atoms with Gasteiger partial charge in [-0.3, -0.25) is 9.59 Å². The van der Waals surface area contributed by atoms with E-state index in [1.807, 2.05) is 48.2 Å². The summed E-state index contributed by atoms with van der Waals surface area (Å²) < 4.78 is 6.28. The quantitative estimate of drug-likeness (QED) is 0.348.